The summed E-state index contributed by atoms with van der Waals surface area (Å²) in [6.45, 7) is -1.31. The van der Waals surface area contributed by atoms with E-state index in [-0.39, 0.29) is 11.3 Å². The molecule has 0 fully saturated rings. The molecular weight excluding hydrogens is 364 g/mol. The lowest BCUT2D eigenvalue weighted by Crippen LogP contribution is -2.20. The zero-order valence-corrected chi connectivity index (χ0v) is 14.8. The Labute approximate surface area is 158 Å². The van der Waals surface area contributed by atoms with Gasteiger partial charge in [0.05, 0.1) is 17.1 Å². The van der Waals surface area contributed by atoms with Crippen LogP contribution >= 0.6 is 0 Å². The highest BCUT2D eigenvalue weighted by atomic mass is 19.3. The Hall–Kier alpha value is -3.61. The SMILES string of the molecule is Cc1nc2ccccc2c(=O)n1N=Cc1c(OC(F)F)ccc2ccccc12. The van der Waals surface area contributed by atoms with Gasteiger partial charge in [0.25, 0.3) is 5.56 Å². The van der Waals surface area contributed by atoms with Crippen LogP contribution in [0.4, 0.5) is 8.78 Å². The Morgan fingerprint density at radius 1 is 1.04 bits per heavy atom. The zero-order valence-electron chi connectivity index (χ0n) is 14.8. The van der Waals surface area contributed by atoms with Crippen LogP contribution in [0.3, 0.4) is 0 Å². The molecule has 0 radical (unpaired) electrons. The molecule has 0 saturated heterocycles. The first-order chi connectivity index (χ1) is 13.5. The molecule has 0 bridgehead atoms. The van der Waals surface area contributed by atoms with Crippen molar-refractivity contribution in [2.45, 2.75) is 13.5 Å². The number of hydrogen-bond donors (Lipinski definition) is 0. The van der Waals surface area contributed by atoms with Gasteiger partial charge in [-0.15, -0.1) is 0 Å². The standard InChI is InChI=1S/C21H15F2N3O2/c1-13-25-18-9-5-4-8-16(18)20(27)26(13)24-12-17-15-7-3-2-6-14(15)10-11-19(17)28-21(22)23/h2-12,21H,1H3. The Kier molecular flexibility index (Phi) is 4.57. The van der Waals surface area contributed by atoms with Gasteiger partial charge in [-0.1, -0.05) is 42.5 Å². The molecule has 4 rings (SSSR count). The maximum atomic E-state index is 12.8. The third-order valence-corrected chi connectivity index (χ3v) is 4.36. The molecule has 0 N–H and O–H groups in total. The Morgan fingerprint density at radius 2 is 1.75 bits per heavy atom. The van der Waals surface area contributed by atoms with Crippen molar-refractivity contribution in [3.63, 3.8) is 0 Å². The van der Waals surface area contributed by atoms with Crippen molar-refractivity contribution in [3.05, 3.63) is 82.4 Å². The summed E-state index contributed by atoms with van der Waals surface area (Å²) in [5.41, 5.74) is 0.595. The summed E-state index contributed by atoms with van der Waals surface area (Å²) in [4.78, 5) is 17.1. The molecule has 0 aliphatic rings. The van der Waals surface area contributed by atoms with Gasteiger partial charge in [0.1, 0.15) is 11.6 Å². The molecule has 5 nitrogen and oxygen atoms in total. The molecule has 7 heteroatoms. The molecule has 3 aromatic carbocycles. The molecule has 1 aromatic heterocycles. The van der Waals surface area contributed by atoms with E-state index in [4.69, 9.17) is 0 Å². The number of nitrogens with zero attached hydrogens (tertiary/aromatic N) is 3. The lowest BCUT2D eigenvalue weighted by Gasteiger charge is -2.11. The first-order valence-electron chi connectivity index (χ1n) is 8.54. The van der Waals surface area contributed by atoms with Crippen LogP contribution in [-0.2, 0) is 0 Å². The normalized spacial score (nSPS) is 11.7. The Bertz CT molecular complexity index is 1270. The van der Waals surface area contributed by atoms with Gasteiger partial charge in [0, 0.05) is 5.56 Å². The second-order valence-corrected chi connectivity index (χ2v) is 6.11. The van der Waals surface area contributed by atoms with Crippen LogP contribution < -0.4 is 10.3 Å². The van der Waals surface area contributed by atoms with E-state index in [1.807, 2.05) is 12.1 Å². The van der Waals surface area contributed by atoms with Gasteiger partial charge in [0.15, 0.2) is 0 Å². The maximum Gasteiger partial charge on any atom is 0.387 e. The van der Waals surface area contributed by atoms with Crippen molar-refractivity contribution >= 4 is 27.9 Å². The maximum absolute atomic E-state index is 12.8. The van der Waals surface area contributed by atoms with Crippen molar-refractivity contribution in [1.82, 2.24) is 9.66 Å². The van der Waals surface area contributed by atoms with Crippen molar-refractivity contribution in [3.8, 4) is 5.75 Å². The second kappa shape index (κ2) is 7.19. The van der Waals surface area contributed by atoms with Crippen LogP contribution in [0, 0.1) is 6.92 Å². The first-order valence-corrected chi connectivity index (χ1v) is 8.54. The lowest BCUT2D eigenvalue weighted by atomic mass is 10.0. The smallest absolute Gasteiger partial charge is 0.387 e. The third-order valence-electron chi connectivity index (χ3n) is 4.36. The van der Waals surface area contributed by atoms with E-state index in [1.54, 1.807) is 49.4 Å². The van der Waals surface area contributed by atoms with E-state index in [2.05, 4.69) is 14.8 Å². The number of benzene rings is 3. The van der Waals surface area contributed by atoms with Gasteiger partial charge >= 0.3 is 6.61 Å². The quantitative estimate of drug-likeness (QED) is 0.496. The number of para-hydroxylation sites is 1. The molecular formula is C21H15F2N3O2. The predicted molar refractivity (Wildman–Crippen MR) is 104 cm³/mol. The average Bonchev–Trinajstić information content (AvgIpc) is 2.68. The Balaban J connectivity index is 1.89. The highest BCUT2D eigenvalue weighted by Gasteiger charge is 2.12. The van der Waals surface area contributed by atoms with E-state index < -0.39 is 6.61 Å². The van der Waals surface area contributed by atoms with Crippen LogP contribution in [0.15, 0.2) is 70.6 Å². The number of ether oxygens (including phenoxy) is 1. The number of fused-ring (bicyclic) bond motifs is 2. The topological polar surface area (TPSA) is 56.5 Å². The van der Waals surface area contributed by atoms with Gasteiger partial charge in [-0.2, -0.15) is 18.6 Å². The van der Waals surface area contributed by atoms with Gasteiger partial charge in [-0.25, -0.2) is 4.98 Å². The fraction of sp³-hybridized carbons (Fsp3) is 0.0952. The molecule has 0 atom stereocenters. The molecule has 0 unspecified atom stereocenters. The fourth-order valence-corrected chi connectivity index (χ4v) is 3.09. The molecule has 1 heterocycles. The monoisotopic (exact) mass is 379 g/mol. The summed E-state index contributed by atoms with van der Waals surface area (Å²) in [5, 5.41) is 6.18. The number of aromatic nitrogens is 2. The molecule has 140 valence electrons. The second-order valence-electron chi connectivity index (χ2n) is 6.11. The van der Waals surface area contributed by atoms with E-state index in [9.17, 15) is 13.6 Å². The number of hydrogen-bond acceptors (Lipinski definition) is 4. The van der Waals surface area contributed by atoms with Gasteiger partial charge < -0.3 is 4.74 Å². The molecule has 4 aromatic rings. The number of aryl methyl sites for hydroxylation is 1. The number of alkyl halides is 2. The predicted octanol–water partition coefficient (Wildman–Crippen LogP) is 4.34. The molecule has 0 spiro atoms. The molecule has 0 aliphatic carbocycles. The average molecular weight is 379 g/mol. The van der Waals surface area contributed by atoms with E-state index in [1.165, 1.54) is 12.3 Å². The van der Waals surface area contributed by atoms with E-state index in [0.717, 1.165) is 10.1 Å². The van der Waals surface area contributed by atoms with Crippen LogP contribution in [-0.4, -0.2) is 22.5 Å². The fourth-order valence-electron chi connectivity index (χ4n) is 3.09. The summed E-state index contributed by atoms with van der Waals surface area (Å²) < 4.78 is 31.5. The largest absolute Gasteiger partial charge is 0.434 e. The highest BCUT2D eigenvalue weighted by molar-refractivity contribution is 6.02. The van der Waals surface area contributed by atoms with Crippen LogP contribution in [0.1, 0.15) is 11.4 Å². The zero-order chi connectivity index (χ0) is 19.7. The minimum absolute atomic E-state index is 0.0168. The van der Waals surface area contributed by atoms with Crippen molar-refractivity contribution in [2.75, 3.05) is 0 Å². The highest BCUT2D eigenvalue weighted by Crippen LogP contribution is 2.28. The van der Waals surface area contributed by atoms with Crippen molar-refractivity contribution in [2.24, 2.45) is 5.10 Å². The van der Waals surface area contributed by atoms with Gasteiger partial charge in [-0.05, 0) is 35.9 Å². The summed E-state index contributed by atoms with van der Waals surface area (Å²) >= 11 is 0. The first kappa shape index (κ1) is 17.8. The molecule has 0 amide bonds. The van der Waals surface area contributed by atoms with Crippen molar-refractivity contribution < 1.29 is 13.5 Å². The lowest BCUT2D eigenvalue weighted by molar-refractivity contribution is -0.0498. The van der Waals surface area contributed by atoms with E-state index >= 15 is 0 Å². The van der Waals surface area contributed by atoms with E-state index in [0.29, 0.717) is 27.7 Å². The minimum atomic E-state index is -2.97. The molecule has 28 heavy (non-hydrogen) atoms. The van der Waals surface area contributed by atoms with Crippen LogP contribution in [0.25, 0.3) is 21.7 Å². The number of rotatable bonds is 4. The summed E-state index contributed by atoms with van der Waals surface area (Å²) in [5.74, 6) is 0.369. The summed E-state index contributed by atoms with van der Waals surface area (Å²) in [7, 11) is 0. The minimum Gasteiger partial charge on any atom is -0.434 e. The Morgan fingerprint density at radius 3 is 2.54 bits per heavy atom. The van der Waals surface area contributed by atoms with Crippen molar-refractivity contribution in [1.29, 1.82) is 0 Å². The number of halogens is 2. The van der Waals surface area contributed by atoms with Crippen LogP contribution in [0.2, 0.25) is 0 Å². The summed E-state index contributed by atoms with van der Waals surface area (Å²) in [6.07, 6.45) is 1.35. The third kappa shape index (κ3) is 3.22. The van der Waals surface area contributed by atoms with Crippen LogP contribution in [0.5, 0.6) is 5.75 Å². The molecule has 0 saturated carbocycles. The summed E-state index contributed by atoms with van der Waals surface area (Å²) in [6, 6.07) is 17.4. The molecule has 0 aliphatic heterocycles. The van der Waals surface area contributed by atoms with Gasteiger partial charge in [0.2, 0.25) is 0 Å². The van der Waals surface area contributed by atoms with Gasteiger partial charge in [-0.3, -0.25) is 4.79 Å².